The molecule has 0 bridgehead atoms. The van der Waals surface area contributed by atoms with Crippen LogP contribution in [-0.4, -0.2) is 14.9 Å². The number of rotatable bonds is 3. The lowest BCUT2D eigenvalue weighted by Gasteiger charge is -2.12. The van der Waals surface area contributed by atoms with Crippen molar-refractivity contribution in [3.8, 4) is 0 Å². The number of fused-ring (bicyclic) bond motifs is 3. The molecule has 124 valence electrons. The monoisotopic (exact) mass is 335 g/mol. The third-order valence-electron chi connectivity index (χ3n) is 4.06. The van der Waals surface area contributed by atoms with E-state index in [1.165, 1.54) is 22.8 Å². The van der Waals surface area contributed by atoms with Crippen molar-refractivity contribution in [2.45, 2.75) is 6.54 Å². The van der Waals surface area contributed by atoms with E-state index in [0.717, 1.165) is 5.52 Å². The number of carbonyl (C=O) groups excluding carboxylic acids is 1. The van der Waals surface area contributed by atoms with Gasteiger partial charge in [0, 0.05) is 11.9 Å². The van der Waals surface area contributed by atoms with E-state index in [-0.39, 0.29) is 12.1 Å². The van der Waals surface area contributed by atoms with Crippen LogP contribution in [0.3, 0.4) is 0 Å². The summed E-state index contributed by atoms with van der Waals surface area (Å²) in [7, 11) is 0. The lowest BCUT2D eigenvalue weighted by Crippen LogP contribution is -2.29. The zero-order chi connectivity index (χ0) is 17.4. The lowest BCUT2D eigenvalue weighted by atomic mass is 10.2. The summed E-state index contributed by atoms with van der Waals surface area (Å²) in [5.41, 5.74) is 2.09. The quantitative estimate of drug-likeness (QED) is 0.626. The van der Waals surface area contributed by atoms with Crippen molar-refractivity contribution in [3.05, 3.63) is 83.0 Å². The molecule has 0 aliphatic heterocycles. The molecule has 0 saturated carbocycles. The molecule has 5 nitrogen and oxygen atoms in total. The van der Waals surface area contributed by atoms with Crippen LogP contribution in [0.25, 0.3) is 16.6 Å². The van der Waals surface area contributed by atoms with Gasteiger partial charge in [-0.15, -0.1) is 0 Å². The number of anilines is 1. The van der Waals surface area contributed by atoms with Crippen molar-refractivity contribution < 1.29 is 9.18 Å². The van der Waals surface area contributed by atoms with E-state index in [1.54, 1.807) is 28.7 Å². The van der Waals surface area contributed by atoms with Gasteiger partial charge in [0.05, 0.1) is 11.0 Å². The van der Waals surface area contributed by atoms with Gasteiger partial charge in [0.1, 0.15) is 17.9 Å². The van der Waals surface area contributed by atoms with Gasteiger partial charge in [-0.2, -0.15) is 0 Å². The smallest absolute Gasteiger partial charge is 0.275 e. The third-order valence-corrected chi connectivity index (χ3v) is 4.06. The summed E-state index contributed by atoms with van der Waals surface area (Å²) >= 11 is 0. The molecule has 4 aromatic rings. The van der Waals surface area contributed by atoms with Crippen molar-refractivity contribution >= 4 is 28.1 Å². The first kappa shape index (κ1) is 15.1. The largest absolute Gasteiger partial charge is 0.324 e. The van der Waals surface area contributed by atoms with E-state index in [9.17, 15) is 14.0 Å². The van der Waals surface area contributed by atoms with E-state index in [2.05, 4.69) is 5.32 Å². The van der Waals surface area contributed by atoms with E-state index < -0.39 is 11.7 Å². The van der Waals surface area contributed by atoms with Crippen LogP contribution in [0.4, 0.5) is 10.1 Å². The Bertz CT molecular complexity index is 1160. The normalized spacial score (nSPS) is 11.1. The van der Waals surface area contributed by atoms with E-state index in [0.29, 0.717) is 16.7 Å². The molecule has 0 radical (unpaired) electrons. The highest BCUT2D eigenvalue weighted by molar-refractivity contribution is 5.91. The van der Waals surface area contributed by atoms with Crippen LogP contribution in [-0.2, 0) is 11.3 Å². The maximum absolute atomic E-state index is 13.2. The molecule has 0 aliphatic rings. The fraction of sp³-hybridized carbons (Fsp3) is 0.0526. The van der Waals surface area contributed by atoms with Gasteiger partial charge in [0.2, 0.25) is 5.91 Å². The highest BCUT2D eigenvalue weighted by Gasteiger charge is 2.13. The second-order valence-electron chi connectivity index (χ2n) is 5.70. The maximum Gasteiger partial charge on any atom is 0.275 e. The summed E-state index contributed by atoms with van der Waals surface area (Å²) in [4.78, 5) is 25.1. The minimum Gasteiger partial charge on any atom is -0.324 e. The Labute approximate surface area is 141 Å². The molecule has 0 aliphatic carbocycles. The summed E-state index contributed by atoms with van der Waals surface area (Å²) < 4.78 is 16.5. The first-order valence-electron chi connectivity index (χ1n) is 7.77. The average Bonchev–Trinajstić information content (AvgIpc) is 3.09. The van der Waals surface area contributed by atoms with Gasteiger partial charge < -0.3 is 9.72 Å². The molecule has 2 aromatic heterocycles. The Kier molecular flexibility index (Phi) is 3.57. The van der Waals surface area contributed by atoms with Crippen molar-refractivity contribution in [1.82, 2.24) is 8.97 Å². The molecule has 0 saturated heterocycles. The zero-order valence-corrected chi connectivity index (χ0v) is 13.1. The number of hydrogen-bond acceptors (Lipinski definition) is 2. The van der Waals surface area contributed by atoms with E-state index >= 15 is 0 Å². The van der Waals surface area contributed by atoms with Crippen LogP contribution in [0.5, 0.6) is 0 Å². The molecule has 0 unspecified atom stereocenters. The fourth-order valence-corrected chi connectivity index (χ4v) is 2.98. The van der Waals surface area contributed by atoms with Gasteiger partial charge in [-0.3, -0.25) is 14.2 Å². The number of halogens is 1. The molecule has 0 atom stereocenters. The number of carbonyl (C=O) groups is 1. The fourth-order valence-electron chi connectivity index (χ4n) is 2.98. The van der Waals surface area contributed by atoms with Crippen LogP contribution >= 0.6 is 0 Å². The molecule has 2 heterocycles. The molecule has 6 heteroatoms. The van der Waals surface area contributed by atoms with Gasteiger partial charge >= 0.3 is 0 Å². The average molecular weight is 335 g/mol. The standard InChI is InChI=1S/C19H14FN3O2/c20-13-5-3-6-14(11-13)21-18(24)12-23-16-8-2-1-7-15(16)22-10-4-9-17(22)19(23)25/h1-11H,12H2,(H,21,24). The second-order valence-corrected chi connectivity index (χ2v) is 5.70. The zero-order valence-electron chi connectivity index (χ0n) is 13.1. The van der Waals surface area contributed by atoms with Crippen LogP contribution in [0.1, 0.15) is 0 Å². The number of aromatic nitrogens is 2. The first-order chi connectivity index (χ1) is 12.1. The predicted molar refractivity (Wildman–Crippen MR) is 94.2 cm³/mol. The molecule has 0 fully saturated rings. The minimum atomic E-state index is -0.435. The Balaban J connectivity index is 1.76. The summed E-state index contributed by atoms with van der Waals surface area (Å²) in [5, 5.41) is 2.62. The number of benzene rings is 2. The van der Waals surface area contributed by atoms with Crippen molar-refractivity contribution in [2.75, 3.05) is 5.32 Å². The van der Waals surface area contributed by atoms with Gasteiger partial charge in [0.25, 0.3) is 5.56 Å². The molecular weight excluding hydrogens is 321 g/mol. The van der Waals surface area contributed by atoms with Gasteiger partial charge in [-0.05, 0) is 42.5 Å². The highest BCUT2D eigenvalue weighted by Crippen LogP contribution is 2.15. The van der Waals surface area contributed by atoms with Crippen LogP contribution in [0.2, 0.25) is 0 Å². The van der Waals surface area contributed by atoms with Gasteiger partial charge in [0.15, 0.2) is 0 Å². The van der Waals surface area contributed by atoms with Gasteiger partial charge in [-0.25, -0.2) is 4.39 Å². The Morgan fingerprint density at radius 2 is 1.72 bits per heavy atom. The number of nitrogens with one attached hydrogen (secondary N) is 1. The summed E-state index contributed by atoms with van der Waals surface area (Å²) in [5.74, 6) is -0.830. The molecule has 25 heavy (non-hydrogen) atoms. The summed E-state index contributed by atoms with van der Waals surface area (Å²) in [6.45, 7) is -0.155. The molecule has 1 N–H and O–H groups in total. The molecular formula is C19H14FN3O2. The van der Waals surface area contributed by atoms with Crippen LogP contribution < -0.4 is 10.9 Å². The Morgan fingerprint density at radius 3 is 2.52 bits per heavy atom. The van der Waals surface area contributed by atoms with Crippen molar-refractivity contribution in [3.63, 3.8) is 0 Å². The SMILES string of the molecule is O=C(Cn1c(=O)c2cccn2c2ccccc21)Nc1cccc(F)c1. The molecule has 4 rings (SSSR count). The number of amides is 1. The molecule has 2 aromatic carbocycles. The van der Waals surface area contributed by atoms with E-state index in [4.69, 9.17) is 0 Å². The minimum absolute atomic E-state index is 0.155. The first-order valence-corrected chi connectivity index (χ1v) is 7.77. The molecule has 0 spiro atoms. The molecule has 1 amide bonds. The van der Waals surface area contributed by atoms with Crippen LogP contribution in [0, 0.1) is 5.82 Å². The van der Waals surface area contributed by atoms with Gasteiger partial charge in [-0.1, -0.05) is 18.2 Å². The predicted octanol–water partition coefficient (Wildman–Crippen LogP) is 3.03. The highest BCUT2D eigenvalue weighted by atomic mass is 19.1. The van der Waals surface area contributed by atoms with E-state index in [1.807, 2.05) is 24.4 Å². The topological polar surface area (TPSA) is 55.5 Å². The number of hydrogen-bond donors (Lipinski definition) is 1. The third kappa shape index (κ3) is 2.67. The lowest BCUT2D eigenvalue weighted by molar-refractivity contribution is -0.116. The Morgan fingerprint density at radius 1 is 0.960 bits per heavy atom. The van der Waals surface area contributed by atoms with Crippen molar-refractivity contribution in [2.24, 2.45) is 0 Å². The number of nitrogens with zero attached hydrogens (tertiary/aromatic N) is 2. The summed E-state index contributed by atoms with van der Waals surface area (Å²) in [6, 6.07) is 16.5. The van der Waals surface area contributed by atoms with Crippen molar-refractivity contribution in [1.29, 1.82) is 0 Å². The Hall–Kier alpha value is -3.41. The maximum atomic E-state index is 13.2. The van der Waals surface area contributed by atoms with Crippen LogP contribution in [0.15, 0.2) is 71.7 Å². The summed E-state index contributed by atoms with van der Waals surface area (Å²) in [6.07, 6.45) is 1.82. The second kappa shape index (κ2) is 5.90. The number of para-hydroxylation sites is 2.